The fraction of sp³-hybridized carbons (Fsp3) is 0.500. The standard InChI is InChI=1S/C20H32N4O/c1-5-7-8-9-10-14-24(4)20(21-3)23-16-17-12-11-13-18(15-17)19(25)22-6-2/h5,11-13,15H,1,6-10,14,16H2,2-4H3,(H,21,23)(H,22,25). The van der Waals surface area contributed by atoms with E-state index in [0.29, 0.717) is 18.7 Å². The third-order valence-corrected chi connectivity index (χ3v) is 3.95. The average molecular weight is 345 g/mol. The van der Waals surface area contributed by atoms with Crippen LogP contribution in [0.1, 0.15) is 48.5 Å². The van der Waals surface area contributed by atoms with E-state index in [2.05, 4.69) is 27.1 Å². The van der Waals surface area contributed by atoms with Gasteiger partial charge in [-0.2, -0.15) is 0 Å². The number of benzene rings is 1. The first-order chi connectivity index (χ1) is 12.1. The second kappa shape index (κ2) is 12.1. The van der Waals surface area contributed by atoms with Crippen LogP contribution in [-0.4, -0.2) is 44.0 Å². The Morgan fingerprint density at radius 1 is 1.28 bits per heavy atom. The molecule has 0 saturated heterocycles. The summed E-state index contributed by atoms with van der Waals surface area (Å²) >= 11 is 0. The molecule has 0 aromatic heterocycles. The molecular formula is C20H32N4O. The number of carbonyl (C=O) groups is 1. The van der Waals surface area contributed by atoms with E-state index in [1.807, 2.05) is 44.3 Å². The Kier molecular flexibility index (Phi) is 10.1. The van der Waals surface area contributed by atoms with Crippen LogP contribution in [0.2, 0.25) is 0 Å². The molecule has 0 spiro atoms. The van der Waals surface area contributed by atoms with Crippen LogP contribution in [0.25, 0.3) is 0 Å². The summed E-state index contributed by atoms with van der Waals surface area (Å²) in [6, 6.07) is 7.67. The molecular weight excluding hydrogens is 312 g/mol. The zero-order chi connectivity index (χ0) is 18.5. The number of hydrogen-bond donors (Lipinski definition) is 2. The summed E-state index contributed by atoms with van der Waals surface area (Å²) in [5, 5.41) is 6.19. The molecule has 1 rings (SSSR count). The normalized spacial score (nSPS) is 11.1. The van der Waals surface area contributed by atoms with Crippen LogP contribution in [0.4, 0.5) is 0 Å². The molecule has 0 unspecified atom stereocenters. The molecule has 5 nitrogen and oxygen atoms in total. The van der Waals surface area contributed by atoms with Gasteiger partial charge in [-0.05, 0) is 43.9 Å². The number of unbranched alkanes of at least 4 members (excludes halogenated alkanes) is 3. The van der Waals surface area contributed by atoms with Gasteiger partial charge in [0, 0.05) is 39.3 Å². The molecule has 0 heterocycles. The molecule has 0 aliphatic carbocycles. The Morgan fingerprint density at radius 3 is 2.76 bits per heavy atom. The van der Waals surface area contributed by atoms with Crippen molar-refractivity contribution in [3.05, 3.63) is 48.0 Å². The summed E-state index contributed by atoms with van der Waals surface area (Å²) in [4.78, 5) is 18.4. The van der Waals surface area contributed by atoms with Crippen LogP contribution in [0.15, 0.2) is 41.9 Å². The first-order valence-corrected chi connectivity index (χ1v) is 9.02. The molecule has 0 saturated carbocycles. The molecule has 1 aromatic rings. The molecule has 1 aromatic carbocycles. The van der Waals surface area contributed by atoms with Gasteiger partial charge in [-0.3, -0.25) is 9.79 Å². The van der Waals surface area contributed by atoms with E-state index in [-0.39, 0.29) is 5.91 Å². The van der Waals surface area contributed by atoms with Crippen molar-refractivity contribution in [2.24, 2.45) is 4.99 Å². The Morgan fingerprint density at radius 2 is 2.08 bits per heavy atom. The Labute approximate surface area is 152 Å². The maximum atomic E-state index is 11.9. The van der Waals surface area contributed by atoms with Crippen molar-refractivity contribution in [3.63, 3.8) is 0 Å². The van der Waals surface area contributed by atoms with Crippen molar-refractivity contribution in [2.75, 3.05) is 27.2 Å². The summed E-state index contributed by atoms with van der Waals surface area (Å²) in [6.45, 7) is 7.91. The molecule has 0 bridgehead atoms. The van der Waals surface area contributed by atoms with Gasteiger partial charge in [0.2, 0.25) is 0 Å². The van der Waals surface area contributed by atoms with Crippen molar-refractivity contribution in [2.45, 2.75) is 39.2 Å². The van der Waals surface area contributed by atoms with Gasteiger partial charge in [0.15, 0.2) is 5.96 Å². The maximum Gasteiger partial charge on any atom is 0.251 e. The minimum absolute atomic E-state index is 0.0367. The summed E-state index contributed by atoms with van der Waals surface area (Å²) in [6.07, 6.45) is 6.58. The Hall–Kier alpha value is -2.30. The van der Waals surface area contributed by atoms with Gasteiger partial charge < -0.3 is 15.5 Å². The SMILES string of the molecule is C=CCCCCCN(C)C(=NC)NCc1cccc(C(=O)NCC)c1. The Bertz CT molecular complexity index is 569. The molecule has 138 valence electrons. The van der Waals surface area contributed by atoms with Gasteiger partial charge in [0.1, 0.15) is 0 Å². The van der Waals surface area contributed by atoms with Gasteiger partial charge in [0.05, 0.1) is 0 Å². The fourth-order valence-electron chi connectivity index (χ4n) is 2.57. The van der Waals surface area contributed by atoms with Crippen LogP contribution in [-0.2, 0) is 6.54 Å². The van der Waals surface area contributed by atoms with E-state index in [1.165, 1.54) is 12.8 Å². The highest BCUT2D eigenvalue weighted by Crippen LogP contribution is 2.06. The van der Waals surface area contributed by atoms with Crippen LogP contribution < -0.4 is 10.6 Å². The highest BCUT2D eigenvalue weighted by molar-refractivity contribution is 5.94. The quantitative estimate of drug-likeness (QED) is 0.297. The van der Waals surface area contributed by atoms with E-state index >= 15 is 0 Å². The zero-order valence-corrected chi connectivity index (χ0v) is 15.8. The van der Waals surface area contributed by atoms with Crippen molar-refractivity contribution in [1.29, 1.82) is 0 Å². The number of carbonyl (C=O) groups excluding carboxylic acids is 1. The van der Waals surface area contributed by atoms with E-state index in [9.17, 15) is 4.79 Å². The number of amides is 1. The highest BCUT2D eigenvalue weighted by Gasteiger charge is 2.07. The molecule has 0 aliphatic heterocycles. The molecule has 0 aliphatic rings. The van der Waals surface area contributed by atoms with E-state index < -0.39 is 0 Å². The van der Waals surface area contributed by atoms with Crippen molar-refractivity contribution < 1.29 is 4.79 Å². The number of rotatable bonds is 10. The molecule has 0 radical (unpaired) electrons. The zero-order valence-electron chi connectivity index (χ0n) is 15.8. The van der Waals surface area contributed by atoms with Gasteiger partial charge >= 0.3 is 0 Å². The second-order valence-electron chi connectivity index (χ2n) is 6.02. The first-order valence-electron chi connectivity index (χ1n) is 9.02. The minimum atomic E-state index is -0.0367. The van der Waals surface area contributed by atoms with Crippen molar-refractivity contribution in [3.8, 4) is 0 Å². The van der Waals surface area contributed by atoms with Gasteiger partial charge in [-0.15, -0.1) is 6.58 Å². The number of guanidine groups is 1. The lowest BCUT2D eigenvalue weighted by atomic mass is 10.1. The molecule has 2 N–H and O–H groups in total. The molecule has 25 heavy (non-hydrogen) atoms. The number of allylic oxidation sites excluding steroid dienone is 1. The summed E-state index contributed by atoms with van der Waals surface area (Å²) in [5.74, 6) is 0.831. The topological polar surface area (TPSA) is 56.7 Å². The van der Waals surface area contributed by atoms with E-state index in [0.717, 1.165) is 30.9 Å². The predicted octanol–water partition coefficient (Wildman–Crippen LogP) is 3.19. The highest BCUT2D eigenvalue weighted by atomic mass is 16.1. The third kappa shape index (κ3) is 7.88. The van der Waals surface area contributed by atoms with Gasteiger partial charge in [-0.25, -0.2) is 0 Å². The van der Waals surface area contributed by atoms with E-state index in [4.69, 9.17) is 0 Å². The first kappa shape index (κ1) is 20.7. The lowest BCUT2D eigenvalue weighted by Crippen LogP contribution is -2.39. The minimum Gasteiger partial charge on any atom is -0.352 e. The lowest BCUT2D eigenvalue weighted by Gasteiger charge is -2.22. The summed E-state index contributed by atoms with van der Waals surface area (Å²) in [7, 11) is 3.84. The smallest absolute Gasteiger partial charge is 0.251 e. The predicted molar refractivity (Wildman–Crippen MR) is 106 cm³/mol. The van der Waals surface area contributed by atoms with Crippen molar-refractivity contribution in [1.82, 2.24) is 15.5 Å². The maximum absolute atomic E-state index is 11.9. The van der Waals surface area contributed by atoms with Crippen LogP contribution in [0, 0.1) is 0 Å². The lowest BCUT2D eigenvalue weighted by molar-refractivity contribution is 0.0955. The number of nitrogens with zero attached hydrogens (tertiary/aromatic N) is 2. The number of hydrogen-bond acceptors (Lipinski definition) is 2. The molecule has 5 heteroatoms. The number of aliphatic imine (C=N–C) groups is 1. The van der Waals surface area contributed by atoms with E-state index in [1.54, 1.807) is 7.05 Å². The summed E-state index contributed by atoms with van der Waals surface area (Å²) < 4.78 is 0. The molecule has 0 atom stereocenters. The van der Waals surface area contributed by atoms with Crippen LogP contribution in [0.3, 0.4) is 0 Å². The van der Waals surface area contributed by atoms with Crippen molar-refractivity contribution >= 4 is 11.9 Å². The second-order valence-corrected chi connectivity index (χ2v) is 6.02. The largest absolute Gasteiger partial charge is 0.352 e. The average Bonchev–Trinajstić information content (AvgIpc) is 2.62. The Balaban J connectivity index is 2.50. The van der Waals surface area contributed by atoms with Gasteiger partial charge in [0.25, 0.3) is 5.91 Å². The van der Waals surface area contributed by atoms with Crippen LogP contribution >= 0.6 is 0 Å². The monoisotopic (exact) mass is 344 g/mol. The summed E-state index contributed by atoms with van der Waals surface area (Å²) in [5.41, 5.74) is 1.75. The molecule has 0 fully saturated rings. The van der Waals surface area contributed by atoms with Gasteiger partial charge in [-0.1, -0.05) is 24.6 Å². The third-order valence-electron chi connectivity index (χ3n) is 3.95. The fourth-order valence-corrected chi connectivity index (χ4v) is 2.57. The van der Waals surface area contributed by atoms with Crippen LogP contribution in [0.5, 0.6) is 0 Å². The molecule has 1 amide bonds. The number of nitrogens with one attached hydrogen (secondary N) is 2.